The maximum atomic E-state index is 12.6. The van der Waals surface area contributed by atoms with Crippen LogP contribution >= 0.6 is 23.4 Å². The fourth-order valence-electron chi connectivity index (χ4n) is 2.46. The number of nitrogens with zero attached hydrogens (tertiary/aromatic N) is 2. The largest absolute Gasteiger partial charge is 0.497 e. The normalized spacial score (nSPS) is 10.6. The molecule has 0 N–H and O–H groups in total. The fourth-order valence-corrected chi connectivity index (χ4v) is 3.50. The van der Waals surface area contributed by atoms with Crippen molar-refractivity contribution in [1.29, 1.82) is 0 Å². The van der Waals surface area contributed by atoms with Gasteiger partial charge in [-0.15, -0.1) is 0 Å². The van der Waals surface area contributed by atoms with Gasteiger partial charge in [-0.05, 0) is 30.3 Å². The smallest absolute Gasteiger partial charge is 0.176 e. The zero-order chi connectivity index (χ0) is 18.5. The molecule has 5 nitrogen and oxygen atoms in total. The molecule has 0 amide bonds. The van der Waals surface area contributed by atoms with Gasteiger partial charge in [0.1, 0.15) is 11.5 Å². The van der Waals surface area contributed by atoms with Crippen LogP contribution < -0.4 is 9.47 Å². The Labute approximate surface area is 160 Å². The maximum Gasteiger partial charge on any atom is 0.176 e. The molecule has 26 heavy (non-hydrogen) atoms. The number of carbonyl (C=O) groups excluding carboxylic acids is 1. The molecule has 3 aromatic rings. The van der Waals surface area contributed by atoms with Gasteiger partial charge in [-0.25, -0.2) is 4.98 Å². The zero-order valence-electron chi connectivity index (χ0n) is 14.3. The lowest BCUT2D eigenvalue weighted by Crippen LogP contribution is -2.06. The highest BCUT2D eigenvalue weighted by molar-refractivity contribution is 7.99. The monoisotopic (exact) mass is 388 g/mol. The number of imidazole rings is 1. The summed E-state index contributed by atoms with van der Waals surface area (Å²) in [5.41, 5.74) is 1.41. The van der Waals surface area contributed by atoms with E-state index in [2.05, 4.69) is 4.98 Å². The van der Waals surface area contributed by atoms with Crippen LogP contribution in [0.5, 0.6) is 11.5 Å². The van der Waals surface area contributed by atoms with Crippen molar-refractivity contribution >= 4 is 29.1 Å². The van der Waals surface area contributed by atoms with E-state index in [1.807, 2.05) is 35.0 Å². The van der Waals surface area contributed by atoms with E-state index in [1.54, 1.807) is 31.5 Å². The number of methoxy groups -OCH3 is 2. The van der Waals surface area contributed by atoms with Crippen molar-refractivity contribution in [2.45, 2.75) is 5.16 Å². The first-order valence-corrected chi connectivity index (χ1v) is 9.16. The molecule has 134 valence electrons. The first kappa shape index (κ1) is 18.4. The molecule has 0 bridgehead atoms. The molecule has 0 atom stereocenters. The highest BCUT2D eigenvalue weighted by atomic mass is 35.5. The van der Waals surface area contributed by atoms with Crippen molar-refractivity contribution in [1.82, 2.24) is 9.55 Å². The highest BCUT2D eigenvalue weighted by Crippen LogP contribution is 2.28. The van der Waals surface area contributed by atoms with E-state index >= 15 is 0 Å². The molecule has 2 aromatic carbocycles. The number of Topliss-reactive ketones (excluding diaryl/α,β-unsaturated/α-hetero) is 1. The van der Waals surface area contributed by atoms with Crippen LogP contribution in [0.4, 0.5) is 0 Å². The van der Waals surface area contributed by atoms with Gasteiger partial charge in [-0.1, -0.05) is 29.4 Å². The van der Waals surface area contributed by atoms with Gasteiger partial charge in [0.15, 0.2) is 10.9 Å². The van der Waals surface area contributed by atoms with Crippen LogP contribution in [-0.2, 0) is 0 Å². The predicted octanol–water partition coefficient (Wildman–Crippen LogP) is 4.52. The van der Waals surface area contributed by atoms with Gasteiger partial charge >= 0.3 is 0 Å². The number of ketones is 1. The van der Waals surface area contributed by atoms with Crippen LogP contribution in [-0.4, -0.2) is 35.3 Å². The third kappa shape index (κ3) is 4.03. The number of benzene rings is 2. The Morgan fingerprint density at radius 2 is 2.04 bits per heavy atom. The summed E-state index contributed by atoms with van der Waals surface area (Å²) in [6.07, 6.45) is 3.54. The maximum absolute atomic E-state index is 12.6. The van der Waals surface area contributed by atoms with Crippen molar-refractivity contribution < 1.29 is 14.3 Å². The Bertz CT molecular complexity index is 927. The van der Waals surface area contributed by atoms with Crippen LogP contribution in [0.1, 0.15) is 10.4 Å². The number of hydrogen-bond donors (Lipinski definition) is 0. The summed E-state index contributed by atoms with van der Waals surface area (Å²) in [4.78, 5) is 17.0. The van der Waals surface area contributed by atoms with Crippen molar-refractivity contribution in [3.05, 3.63) is 65.4 Å². The van der Waals surface area contributed by atoms with E-state index in [0.717, 1.165) is 5.69 Å². The van der Waals surface area contributed by atoms with Crippen molar-refractivity contribution in [2.75, 3.05) is 20.0 Å². The first-order valence-electron chi connectivity index (χ1n) is 7.79. The molecule has 7 heteroatoms. The lowest BCUT2D eigenvalue weighted by Gasteiger charge is -2.10. The summed E-state index contributed by atoms with van der Waals surface area (Å²) in [7, 11) is 3.10. The minimum absolute atomic E-state index is 0.0462. The average molecular weight is 389 g/mol. The number of thioether (sulfide) groups is 1. The van der Waals surface area contributed by atoms with Crippen molar-refractivity contribution in [3.8, 4) is 17.2 Å². The van der Waals surface area contributed by atoms with Gasteiger partial charge in [-0.2, -0.15) is 0 Å². The van der Waals surface area contributed by atoms with Gasteiger partial charge in [0.05, 0.1) is 25.5 Å². The van der Waals surface area contributed by atoms with Crippen molar-refractivity contribution in [2.24, 2.45) is 0 Å². The van der Waals surface area contributed by atoms with Gasteiger partial charge in [0.25, 0.3) is 0 Å². The Hall–Kier alpha value is -2.44. The number of carbonyl (C=O) groups is 1. The average Bonchev–Trinajstić information content (AvgIpc) is 3.14. The molecule has 0 aliphatic heterocycles. The van der Waals surface area contributed by atoms with E-state index < -0.39 is 0 Å². The van der Waals surface area contributed by atoms with E-state index in [9.17, 15) is 4.79 Å². The minimum atomic E-state index is -0.0462. The molecule has 0 fully saturated rings. The lowest BCUT2D eigenvalue weighted by atomic mass is 10.1. The van der Waals surface area contributed by atoms with Gasteiger partial charge in [-0.3, -0.25) is 9.36 Å². The Morgan fingerprint density at radius 1 is 1.19 bits per heavy atom. The Balaban J connectivity index is 1.76. The van der Waals surface area contributed by atoms with Crippen LogP contribution in [0.2, 0.25) is 5.02 Å². The summed E-state index contributed by atoms with van der Waals surface area (Å²) in [6.45, 7) is 0. The molecule has 0 aliphatic carbocycles. The molecular formula is C19H17ClN2O3S. The Kier molecular flexibility index (Phi) is 5.85. The summed E-state index contributed by atoms with van der Waals surface area (Å²) in [5.74, 6) is 1.33. The van der Waals surface area contributed by atoms with Gasteiger partial charge in [0, 0.05) is 29.2 Å². The quantitative estimate of drug-likeness (QED) is 0.440. The number of hydrogen-bond acceptors (Lipinski definition) is 5. The third-order valence-corrected chi connectivity index (χ3v) is 4.94. The molecule has 1 heterocycles. The minimum Gasteiger partial charge on any atom is -0.497 e. The summed E-state index contributed by atoms with van der Waals surface area (Å²) in [5, 5.41) is 1.36. The summed E-state index contributed by atoms with van der Waals surface area (Å²) < 4.78 is 12.4. The topological polar surface area (TPSA) is 53.3 Å². The van der Waals surface area contributed by atoms with Crippen LogP contribution in [0.25, 0.3) is 5.69 Å². The molecule has 0 unspecified atom stereocenters. The van der Waals surface area contributed by atoms with E-state index in [4.69, 9.17) is 21.1 Å². The molecule has 0 spiro atoms. The Morgan fingerprint density at radius 3 is 2.77 bits per heavy atom. The second kappa shape index (κ2) is 8.29. The second-order valence-corrected chi connectivity index (χ2v) is 6.72. The van der Waals surface area contributed by atoms with Crippen LogP contribution in [0.15, 0.2) is 60.0 Å². The molecule has 3 rings (SSSR count). The highest BCUT2D eigenvalue weighted by Gasteiger charge is 2.15. The lowest BCUT2D eigenvalue weighted by molar-refractivity contribution is 0.101. The summed E-state index contributed by atoms with van der Waals surface area (Å²) in [6, 6.07) is 12.6. The molecule has 0 saturated carbocycles. The second-order valence-electron chi connectivity index (χ2n) is 5.34. The van der Waals surface area contributed by atoms with Crippen LogP contribution in [0.3, 0.4) is 0 Å². The first-order chi connectivity index (χ1) is 12.6. The fraction of sp³-hybridized carbons (Fsp3) is 0.158. The van der Waals surface area contributed by atoms with E-state index in [0.29, 0.717) is 27.2 Å². The molecule has 1 aromatic heterocycles. The molecule has 0 saturated heterocycles. The number of ether oxygens (including phenoxy) is 2. The predicted molar refractivity (Wildman–Crippen MR) is 103 cm³/mol. The SMILES string of the molecule is COc1ccc(C(=O)CSc2nccn2-c2cccc(Cl)c2)c(OC)c1. The zero-order valence-corrected chi connectivity index (χ0v) is 15.9. The molecular weight excluding hydrogens is 372 g/mol. The number of rotatable bonds is 7. The van der Waals surface area contributed by atoms with Gasteiger partial charge < -0.3 is 9.47 Å². The molecule has 0 radical (unpaired) electrons. The number of aromatic nitrogens is 2. The standard InChI is InChI=1S/C19H17ClN2O3S/c1-24-15-6-7-16(18(11-15)25-2)17(23)12-26-19-21-8-9-22(19)14-5-3-4-13(20)10-14/h3-11H,12H2,1-2H3. The van der Waals surface area contributed by atoms with Gasteiger partial charge in [0.2, 0.25) is 0 Å². The van der Waals surface area contributed by atoms with Crippen molar-refractivity contribution in [3.63, 3.8) is 0 Å². The van der Waals surface area contributed by atoms with E-state index in [1.165, 1.54) is 18.9 Å². The summed E-state index contributed by atoms with van der Waals surface area (Å²) >= 11 is 7.42. The van der Waals surface area contributed by atoms with E-state index in [-0.39, 0.29) is 11.5 Å². The van der Waals surface area contributed by atoms with Crippen LogP contribution in [0, 0.1) is 0 Å². The molecule has 0 aliphatic rings. The third-order valence-electron chi connectivity index (χ3n) is 3.73. The number of halogens is 1.